The third kappa shape index (κ3) is 1.93. The molecule has 0 aliphatic heterocycles. The third-order valence-corrected chi connectivity index (χ3v) is 3.22. The fraction of sp³-hybridized carbons (Fsp3) is 0.214. The smallest absolute Gasteiger partial charge is 0.264 e. The molecule has 0 aliphatic rings. The standard InChI is InChI=1S/C14H14N4O/c1-10-16-13-12(8-15-17(13)2)14(19)18(10)9-11-6-4-3-5-7-11/h3-8H,9H2,1-2H3. The number of aromatic nitrogens is 4. The van der Waals surface area contributed by atoms with E-state index in [9.17, 15) is 4.79 Å². The maximum Gasteiger partial charge on any atom is 0.264 e. The summed E-state index contributed by atoms with van der Waals surface area (Å²) in [6.45, 7) is 2.38. The van der Waals surface area contributed by atoms with Gasteiger partial charge in [0.15, 0.2) is 5.65 Å². The van der Waals surface area contributed by atoms with Crippen molar-refractivity contribution >= 4 is 11.0 Å². The molecular weight excluding hydrogens is 240 g/mol. The second-order valence-electron chi connectivity index (χ2n) is 4.54. The maximum atomic E-state index is 12.4. The molecule has 1 aromatic carbocycles. The molecule has 2 aromatic heterocycles. The van der Waals surface area contributed by atoms with Crippen LogP contribution >= 0.6 is 0 Å². The number of hydrogen-bond donors (Lipinski definition) is 0. The SMILES string of the molecule is Cc1nc2c(cnn2C)c(=O)n1Cc1ccccc1. The van der Waals surface area contributed by atoms with E-state index in [1.807, 2.05) is 37.3 Å². The minimum Gasteiger partial charge on any atom is -0.292 e. The lowest BCUT2D eigenvalue weighted by Crippen LogP contribution is -2.24. The Balaban J connectivity index is 2.16. The summed E-state index contributed by atoms with van der Waals surface area (Å²) >= 11 is 0. The number of hydrogen-bond acceptors (Lipinski definition) is 3. The van der Waals surface area contributed by atoms with Crippen molar-refractivity contribution < 1.29 is 0 Å². The molecule has 0 amide bonds. The van der Waals surface area contributed by atoms with Crippen molar-refractivity contribution in [2.75, 3.05) is 0 Å². The van der Waals surface area contributed by atoms with Gasteiger partial charge in [0.2, 0.25) is 0 Å². The molecule has 0 fully saturated rings. The summed E-state index contributed by atoms with van der Waals surface area (Å²) in [6, 6.07) is 9.89. The van der Waals surface area contributed by atoms with Crippen molar-refractivity contribution in [1.82, 2.24) is 19.3 Å². The zero-order valence-electron chi connectivity index (χ0n) is 10.9. The van der Waals surface area contributed by atoms with Crippen LogP contribution in [0.4, 0.5) is 0 Å². The zero-order valence-corrected chi connectivity index (χ0v) is 10.9. The molecule has 5 nitrogen and oxygen atoms in total. The molecule has 0 aliphatic carbocycles. The highest BCUT2D eigenvalue weighted by atomic mass is 16.1. The van der Waals surface area contributed by atoms with Gasteiger partial charge in [-0.15, -0.1) is 0 Å². The van der Waals surface area contributed by atoms with Gasteiger partial charge in [0, 0.05) is 7.05 Å². The highest BCUT2D eigenvalue weighted by Crippen LogP contribution is 2.08. The molecular formula is C14H14N4O. The fourth-order valence-corrected chi connectivity index (χ4v) is 2.17. The van der Waals surface area contributed by atoms with Crippen LogP contribution in [0.2, 0.25) is 0 Å². The van der Waals surface area contributed by atoms with E-state index in [-0.39, 0.29) is 5.56 Å². The first-order valence-corrected chi connectivity index (χ1v) is 6.10. The second-order valence-corrected chi connectivity index (χ2v) is 4.54. The summed E-state index contributed by atoms with van der Waals surface area (Å²) < 4.78 is 3.30. The van der Waals surface area contributed by atoms with Gasteiger partial charge in [-0.05, 0) is 12.5 Å². The van der Waals surface area contributed by atoms with Crippen molar-refractivity contribution in [1.29, 1.82) is 0 Å². The summed E-state index contributed by atoms with van der Waals surface area (Å²) in [6.07, 6.45) is 1.58. The Morgan fingerprint density at radius 3 is 2.68 bits per heavy atom. The van der Waals surface area contributed by atoms with Crippen LogP contribution < -0.4 is 5.56 Å². The van der Waals surface area contributed by atoms with E-state index in [0.717, 1.165) is 5.56 Å². The van der Waals surface area contributed by atoms with Crippen LogP contribution in [-0.4, -0.2) is 19.3 Å². The molecule has 0 saturated carbocycles. The molecule has 0 atom stereocenters. The average Bonchev–Trinajstić information content (AvgIpc) is 2.78. The molecule has 0 bridgehead atoms. The van der Waals surface area contributed by atoms with Gasteiger partial charge in [-0.2, -0.15) is 5.10 Å². The van der Waals surface area contributed by atoms with Crippen LogP contribution in [0.3, 0.4) is 0 Å². The molecule has 5 heteroatoms. The van der Waals surface area contributed by atoms with Crippen LogP contribution in [-0.2, 0) is 13.6 Å². The normalized spacial score (nSPS) is 11.1. The maximum absolute atomic E-state index is 12.4. The largest absolute Gasteiger partial charge is 0.292 e. The zero-order chi connectivity index (χ0) is 13.4. The Kier molecular flexibility index (Phi) is 2.67. The number of fused-ring (bicyclic) bond motifs is 1. The van der Waals surface area contributed by atoms with Crippen LogP contribution in [0.15, 0.2) is 41.3 Å². The van der Waals surface area contributed by atoms with Crippen LogP contribution in [0, 0.1) is 6.92 Å². The Hall–Kier alpha value is -2.43. The van der Waals surface area contributed by atoms with Crippen LogP contribution in [0.5, 0.6) is 0 Å². The van der Waals surface area contributed by atoms with Crippen molar-refractivity contribution in [2.45, 2.75) is 13.5 Å². The minimum absolute atomic E-state index is 0.0422. The van der Waals surface area contributed by atoms with Gasteiger partial charge in [0.1, 0.15) is 11.2 Å². The highest BCUT2D eigenvalue weighted by molar-refractivity contribution is 5.73. The van der Waals surface area contributed by atoms with E-state index in [1.165, 1.54) is 0 Å². The van der Waals surface area contributed by atoms with E-state index in [4.69, 9.17) is 0 Å². The number of aryl methyl sites for hydroxylation is 2. The highest BCUT2D eigenvalue weighted by Gasteiger charge is 2.11. The summed E-state index contributed by atoms with van der Waals surface area (Å²) in [5.74, 6) is 0.699. The molecule has 96 valence electrons. The molecule has 2 heterocycles. The predicted octanol–water partition coefficient (Wildman–Crippen LogP) is 1.49. The first-order chi connectivity index (χ1) is 9.16. The van der Waals surface area contributed by atoms with E-state index < -0.39 is 0 Å². The van der Waals surface area contributed by atoms with Gasteiger partial charge in [-0.3, -0.25) is 14.0 Å². The quantitative estimate of drug-likeness (QED) is 0.696. The van der Waals surface area contributed by atoms with E-state index in [1.54, 1.807) is 22.5 Å². The molecule has 0 saturated heterocycles. The number of benzene rings is 1. The Bertz CT molecular complexity index is 786. The Morgan fingerprint density at radius 2 is 1.95 bits per heavy atom. The third-order valence-electron chi connectivity index (χ3n) is 3.22. The lowest BCUT2D eigenvalue weighted by Gasteiger charge is -2.09. The van der Waals surface area contributed by atoms with E-state index in [2.05, 4.69) is 10.1 Å². The topological polar surface area (TPSA) is 52.7 Å². The van der Waals surface area contributed by atoms with E-state index >= 15 is 0 Å². The number of nitrogens with zero attached hydrogens (tertiary/aromatic N) is 4. The Morgan fingerprint density at radius 1 is 1.21 bits per heavy atom. The first-order valence-electron chi connectivity index (χ1n) is 6.10. The van der Waals surface area contributed by atoms with Crippen molar-refractivity contribution in [3.63, 3.8) is 0 Å². The van der Waals surface area contributed by atoms with Gasteiger partial charge in [-0.25, -0.2) is 4.98 Å². The summed E-state index contributed by atoms with van der Waals surface area (Å²) in [5, 5.41) is 4.65. The summed E-state index contributed by atoms with van der Waals surface area (Å²) in [5.41, 5.74) is 1.67. The van der Waals surface area contributed by atoms with Gasteiger partial charge < -0.3 is 0 Å². The molecule has 0 unspecified atom stereocenters. The lowest BCUT2D eigenvalue weighted by molar-refractivity contribution is 0.704. The molecule has 0 N–H and O–H groups in total. The summed E-state index contributed by atoms with van der Waals surface area (Å²) in [7, 11) is 1.79. The van der Waals surface area contributed by atoms with Gasteiger partial charge in [0.25, 0.3) is 5.56 Å². The molecule has 3 rings (SSSR count). The number of rotatable bonds is 2. The van der Waals surface area contributed by atoms with Crippen molar-refractivity contribution in [3.8, 4) is 0 Å². The van der Waals surface area contributed by atoms with Crippen LogP contribution in [0.25, 0.3) is 11.0 Å². The predicted molar refractivity (Wildman–Crippen MR) is 73.1 cm³/mol. The molecule has 3 aromatic rings. The summed E-state index contributed by atoms with van der Waals surface area (Å²) in [4.78, 5) is 16.9. The van der Waals surface area contributed by atoms with Gasteiger partial charge in [-0.1, -0.05) is 30.3 Å². The van der Waals surface area contributed by atoms with Crippen molar-refractivity contribution in [2.24, 2.45) is 7.05 Å². The van der Waals surface area contributed by atoms with Crippen LogP contribution in [0.1, 0.15) is 11.4 Å². The minimum atomic E-state index is -0.0422. The Labute approximate surface area is 110 Å². The molecule has 19 heavy (non-hydrogen) atoms. The van der Waals surface area contributed by atoms with E-state index in [0.29, 0.717) is 23.4 Å². The monoisotopic (exact) mass is 254 g/mol. The average molecular weight is 254 g/mol. The van der Waals surface area contributed by atoms with Crippen molar-refractivity contribution in [3.05, 3.63) is 58.3 Å². The van der Waals surface area contributed by atoms with Gasteiger partial charge in [0.05, 0.1) is 12.7 Å². The second kappa shape index (κ2) is 4.35. The first kappa shape index (κ1) is 11.6. The fourth-order valence-electron chi connectivity index (χ4n) is 2.17. The molecule has 0 radical (unpaired) electrons. The van der Waals surface area contributed by atoms with Gasteiger partial charge >= 0.3 is 0 Å². The molecule has 0 spiro atoms. The lowest BCUT2D eigenvalue weighted by atomic mass is 10.2.